The maximum absolute atomic E-state index is 3.55. The molecule has 2 nitrogen and oxygen atoms in total. The lowest BCUT2D eigenvalue weighted by Gasteiger charge is -2.39. The third-order valence-electron chi connectivity index (χ3n) is 4.42. The molecule has 0 saturated carbocycles. The maximum atomic E-state index is 3.55. The standard InChI is InChI=1S/C18H30N2/c1-5-17(19-6-2)15-8-10-16(11-9-15)20-13-7-12-18(3,4)14-20/h8-11,17,19H,5-7,12-14H2,1-4H3. The van der Waals surface area contributed by atoms with Crippen molar-refractivity contribution < 1.29 is 0 Å². The van der Waals surface area contributed by atoms with E-state index in [4.69, 9.17) is 0 Å². The van der Waals surface area contributed by atoms with Crippen molar-refractivity contribution in [1.82, 2.24) is 5.32 Å². The lowest BCUT2D eigenvalue weighted by molar-refractivity contribution is 0.293. The summed E-state index contributed by atoms with van der Waals surface area (Å²) >= 11 is 0. The van der Waals surface area contributed by atoms with Gasteiger partial charge in [0.25, 0.3) is 0 Å². The van der Waals surface area contributed by atoms with Gasteiger partial charge in [-0.3, -0.25) is 0 Å². The molecule has 2 rings (SSSR count). The summed E-state index contributed by atoms with van der Waals surface area (Å²) in [6.45, 7) is 12.6. The number of hydrogen-bond acceptors (Lipinski definition) is 2. The van der Waals surface area contributed by atoms with Crippen LogP contribution in [0, 0.1) is 5.41 Å². The highest BCUT2D eigenvalue weighted by atomic mass is 15.1. The summed E-state index contributed by atoms with van der Waals surface area (Å²) in [5, 5.41) is 3.55. The number of benzene rings is 1. The van der Waals surface area contributed by atoms with Gasteiger partial charge in [-0.15, -0.1) is 0 Å². The molecule has 2 heteroatoms. The van der Waals surface area contributed by atoms with Crippen molar-refractivity contribution in [1.29, 1.82) is 0 Å². The molecule has 1 aromatic rings. The third kappa shape index (κ3) is 3.76. The number of hydrogen-bond donors (Lipinski definition) is 1. The van der Waals surface area contributed by atoms with E-state index < -0.39 is 0 Å². The highest BCUT2D eigenvalue weighted by Crippen LogP contribution is 2.32. The van der Waals surface area contributed by atoms with Crippen LogP contribution in [-0.2, 0) is 0 Å². The lowest BCUT2D eigenvalue weighted by atomic mass is 9.84. The molecule has 0 aromatic heterocycles. The molecule has 112 valence electrons. The van der Waals surface area contributed by atoms with Crippen molar-refractivity contribution in [3.8, 4) is 0 Å². The van der Waals surface area contributed by atoms with Crippen molar-refractivity contribution in [3.63, 3.8) is 0 Å². The van der Waals surface area contributed by atoms with E-state index in [2.05, 4.69) is 62.2 Å². The highest BCUT2D eigenvalue weighted by Gasteiger charge is 2.26. The topological polar surface area (TPSA) is 15.3 Å². The van der Waals surface area contributed by atoms with Gasteiger partial charge in [0.05, 0.1) is 0 Å². The smallest absolute Gasteiger partial charge is 0.0366 e. The first kappa shape index (κ1) is 15.4. The van der Waals surface area contributed by atoms with E-state index in [1.807, 2.05) is 0 Å². The maximum Gasteiger partial charge on any atom is 0.0366 e. The van der Waals surface area contributed by atoms with Crippen molar-refractivity contribution in [2.24, 2.45) is 5.41 Å². The zero-order valence-corrected chi connectivity index (χ0v) is 13.6. The SMILES string of the molecule is CCNC(CC)c1ccc(N2CCCC(C)(C)C2)cc1. The van der Waals surface area contributed by atoms with Crippen LogP contribution in [0.15, 0.2) is 24.3 Å². The van der Waals surface area contributed by atoms with E-state index in [1.165, 1.54) is 37.2 Å². The quantitative estimate of drug-likeness (QED) is 0.857. The zero-order valence-electron chi connectivity index (χ0n) is 13.6. The molecule has 0 spiro atoms. The van der Waals surface area contributed by atoms with Crippen molar-refractivity contribution in [3.05, 3.63) is 29.8 Å². The van der Waals surface area contributed by atoms with Gasteiger partial charge in [-0.25, -0.2) is 0 Å². The van der Waals surface area contributed by atoms with Crippen LogP contribution in [0.2, 0.25) is 0 Å². The Bertz CT molecular complexity index is 408. The average Bonchev–Trinajstić information content (AvgIpc) is 2.44. The summed E-state index contributed by atoms with van der Waals surface area (Å²) in [4.78, 5) is 2.54. The van der Waals surface area contributed by atoms with E-state index in [1.54, 1.807) is 0 Å². The van der Waals surface area contributed by atoms with Gasteiger partial charge in [0.2, 0.25) is 0 Å². The molecule has 1 aliphatic heterocycles. The Morgan fingerprint density at radius 2 is 1.90 bits per heavy atom. The second-order valence-corrected chi connectivity index (χ2v) is 6.80. The summed E-state index contributed by atoms with van der Waals surface area (Å²) in [5.41, 5.74) is 3.24. The Morgan fingerprint density at radius 1 is 1.20 bits per heavy atom. The van der Waals surface area contributed by atoms with Crippen LogP contribution in [0.4, 0.5) is 5.69 Å². The molecule has 1 N–H and O–H groups in total. The summed E-state index contributed by atoms with van der Waals surface area (Å²) < 4.78 is 0. The second kappa shape index (κ2) is 6.62. The Hall–Kier alpha value is -1.02. The number of nitrogens with one attached hydrogen (secondary N) is 1. The molecule has 0 bridgehead atoms. The molecule has 0 aliphatic carbocycles. The zero-order chi connectivity index (χ0) is 14.6. The predicted molar refractivity (Wildman–Crippen MR) is 88.4 cm³/mol. The van der Waals surface area contributed by atoms with Crippen LogP contribution >= 0.6 is 0 Å². The fourth-order valence-electron chi connectivity index (χ4n) is 3.31. The first-order chi connectivity index (χ1) is 9.55. The summed E-state index contributed by atoms with van der Waals surface area (Å²) in [5.74, 6) is 0. The minimum Gasteiger partial charge on any atom is -0.371 e. The van der Waals surface area contributed by atoms with Gasteiger partial charge in [0.1, 0.15) is 0 Å². The molecule has 0 radical (unpaired) electrons. The summed E-state index contributed by atoms with van der Waals surface area (Å²) in [6.07, 6.45) is 3.80. The van der Waals surface area contributed by atoms with Crippen LogP contribution in [-0.4, -0.2) is 19.6 Å². The molecule has 1 aliphatic rings. The largest absolute Gasteiger partial charge is 0.371 e. The molecule has 1 unspecified atom stereocenters. The van der Waals surface area contributed by atoms with Gasteiger partial charge >= 0.3 is 0 Å². The van der Waals surface area contributed by atoms with Crippen LogP contribution < -0.4 is 10.2 Å². The first-order valence-corrected chi connectivity index (χ1v) is 8.14. The van der Waals surface area contributed by atoms with Crippen molar-refractivity contribution in [2.45, 2.75) is 53.0 Å². The Labute approximate surface area is 124 Å². The van der Waals surface area contributed by atoms with Crippen LogP contribution in [0.5, 0.6) is 0 Å². The molecular formula is C18H30N2. The molecule has 1 fully saturated rings. The molecule has 20 heavy (non-hydrogen) atoms. The van der Waals surface area contributed by atoms with Gasteiger partial charge < -0.3 is 10.2 Å². The molecule has 1 saturated heterocycles. The summed E-state index contributed by atoms with van der Waals surface area (Å²) in [7, 11) is 0. The fourth-order valence-corrected chi connectivity index (χ4v) is 3.31. The third-order valence-corrected chi connectivity index (χ3v) is 4.42. The molecular weight excluding hydrogens is 244 g/mol. The second-order valence-electron chi connectivity index (χ2n) is 6.80. The van der Waals surface area contributed by atoms with Crippen LogP contribution in [0.1, 0.15) is 58.6 Å². The number of anilines is 1. The van der Waals surface area contributed by atoms with Gasteiger partial charge in [-0.05, 0) is 48.9 Å². The minimum absolute atomic E-state index is 0.451. The van der Waals surface area contributed by atoms with Crippen LogP contribution in [0.3, 0.4) is 0 Å². The van der Waals surface area contributed by atoms with E-state index >= 15 is 0 Å². The van der Waals surface area contributed by atoms with E-state index in [-0.39, 0.29) is 0 Å². The van der Waals surface area contributed by atoms with E-state index in [9.17, 15) is 0 Å². The predicted octanol–water partition coefficient (Wildman–Crippen LogP) is 4.37. The Balaban J connectivity index is 2.07. The highest BCUT2D eigenvalue weighted by molar-refractivity contribution is 5.48. The van der Waals surface area contributed by atoms with Gasteiger partial charge in [-0.1, -0.05) is 39.8 Å². The molecule has 1 aromatic carbocycles. The molecule has 0 amide bonds. The normalized spacial score (nSPS) is 19.9. The fraction of sp³-hybridized carbons (Fsp3) is 0.667. The van der Waals surface area contributed by atoms with Gasteiger partial charge in [0.15, 0.2) is 0 Å². The average molecular weight is 274 g/mol. The van der Waals surface area contributed by atoms with Crippen LogP contribution in [0.25, 0.3) is 0 Å². The molecule has 1 heterocycles. The Kier molecular flexibility index (Phi) is 5.09. The minimum atomic E-state index is 0.451. The van der Waals surface area contributed by atoms with Crippen molar-refractivity contribution in [2.75, 3.05) is 24.5 Å². The summed E-state index contributed by atoms with van der Waals surface area (Å²) in [6, 6.07) is 9.70. The van der Waals surface area contributed by atoms with Gasteiger partial charge in [-0.2, -0.15) is 0 Å². The van der Waals surface area contributed by atoms with E-state index in [0.29, 0.717) is 11.5 Å². The van der Waals surface area contributed by atoms with E-state index in [0.717, 1.165) is 13.0 Å². The monoisotopic (exact) mass is 274 g/mol. The number of rotatable bonds is 5. The Morgan fingerprint density at radius 3 is 2.45 bits per heavy atom. The molecule has 1 atom stereocenters. The lowest BCUT2D eigenvalue weighted by Crippen LogP contribution is -2.40. The van der Waals surface area contributed by atoms with Gasteiger partial charge in [0, 0.05) is 24.8 Å². The first-order valence-electron chi connectivity index (χ1n) is 8.14. The number of nitrogens with zero attached hydrogens (tertiary/aromatic N) is 1. The van der Waals surface area contributed by atoms with Crippen molar-refractivity contribution >= 4 is 5.69 Å². The number of piperidine rings is 1.